The lowest BCUT2D eigenvalue weighted by Crippen LogP contribution is -2.45. The Kier molecular flexibility index (Phi) is 157. The highest BCUT2D eigenvalue weighted by atomic mass is 32.2. The molecule has 35 heteroatoms. The standard InChI is InChI=1S/C17H23F3O2.C16H21F3O2.C15H19F3O3.C14H19F3.C2H4.4CH4O3S.26CH4/c1-5-11-22-14(21)15(2,3)12-17(20,16(4,18)19)13-9-7-6-8-10-13;1-4-10-21-14(20)12(2)11-16(19,15(3,17)18)13-8-6-5-7-9-13;1-13(2,12(20)21-10-19)9-15(18,14(3,16)17)11-7-5-4-6-8-11;1-4-11(2)10-14(17,13(3,15)16)12-8-6-5-7-9-12;1-2;4*1-5(2,3)4;;;;;;;;;;;;;;;;;;;;;;;;;;/h6-10H,5,11-12H2,1-4H3;5-9,12H,4,10-11H2,1-3H3;4-8,19H,9-10H2,1-3H3;5-9,11H,4,10H2,1-3H3;1-2H2;4*1H3,(H,2,3,4);26*1H4. The lowest BCUT2D eigenvalue weighted by molar-refractivity contribution is -0.176. The summed E-state index contributed by atoms with van der Waals surface area (Å²) in [7, 11) is -14.7. The van der Waals surface area contributed by atoms with E-state index in [-0.39, 0.29) is 241 Å². The normalized spacial score (nSPS) is 11.9. The number of esters is 3. The van der Waals surface area contributed by atoms with Crippen LogP contribution < -0.4 is 0 Å². The topological polar surface area (TPSA) is 317 Å². The second-order valence-corrected chi connectivity index (χ2v) is 30.8. The number of alkyl halides is 12. The van der Waals surface area contributed by atoms with Crippen molar-refractivity contribution in [3.63, 3.8) is 0 Å². The Labute approximate surface area is 791 Å². The van der Waals surface area contributed by atoms with E-state index < -0.39 is 148 Å². The Morgan fingerprint density at radius 3 is 0.667 bits per heavy atom. The van der Waals surface area contributed by atoms with Crippen molar-refractivity contribution in [2.75, 3.05) is 45.0 Å². The third-order valence-electron chi connectivity index (χ3n) is 13.6. The number of aliphatic hydroxyl groups is 1. The van der Waals surface area contributed by atoms with Crippen LogP contribution in [0.3, 0.4) is 0 Å². The monoisotopic (exact) mass is 2000 g/mol. The zero-order valence-electron chi connectivity index (χ0n) is 60.8. The van der Waals surface area contributed by atoms with E-state index in [0.717, 1.165) is 0 Å². The molecule has 19 nitrogen and oxygen atoms in total. The summed E-state index contributed by atoms with van der Waals surface area (Å²) in [5.74, 6) is -17.6. The summed E-state index contributed by atoms with van der Waals surface area (Å²) in [5.41, 5.74) is -14.7. The van der Waals surface area contributed by atoms with E-state index in [4.69, 9.17) is 32.8 Å². The van der Waals surface area contributed by atoms with Gasteiger partial charge in [-0.3, -0.25) is 32.6 Å². The first-order valence-electron chi connectivity index (χ1n) is 30.9. The lowest BCUT2D eigenvalue weighted by atomic mass is 9.75. The number of hydrogen-bond acceptors (Lipinski definition) is 15. The van der Waals surface area contributed by atoms with Gasteiger partial charge < -0.3 is 19.3 Å². The van der Waals surface area contributed by atoms with Crippen LogP contribution in [0.4, 0.5) is 52.7 Å². The number of carbonyl (C=O) groups is 3. The third-order valence-corrected chi connectivity index (χ3v) is 13.6. The summed E-state index contributed by atoms with van der Waals surface area (Å²) in [6.07, 6.45) is 2.59. The first kappa shape index (κ1) is 216. The molecule has 0 radical (unpaired) electrons. The van der Waals surface area contributed by atoms with Gasteiger partial charge in [0.05, 0.1) is 55.0 Å². The van der Waals surface area contributed by atoms with Gasteiger partial charge in [-0.05, 0) is 75.1 Å². The van der Waals surface area contributed by atoms with Crippen LogP contribution >= 0.6 is 0 Å². The fourth-order valence-electron chi connectivity index (χ4n) is 8.41. The largest absolute Gasteiger partial charge is 0.465 e. The number of hydrogen-bond donors (Lipinski definition) is 5. The van der Waals surface area contributed by atoms with Gasteiger partial charge in [0, 0.05) is 47.0 Å². The zero-order valence-corrected chi connectivity index (χ0v) is 64.1. The molecule has 0 amide bonds. The van der Waals surface area contributed by atoms with Gasteiger partial charge in [0.1, 0.15) is 0 Å². The summed E-state index contributed by atoms with van der Waals surface area (Å²) >= 11 is 0. The van der Waals surface area contributed by atoms with Crippen LogP contribution in [-0.2, 0) is 91.7 Å². The highest BCUT2D eigenvalue weighted by Gasteiger charge is 2.58. The van der Waals surface area contributed by atoms with E-state index in [1.54, 1.807) is 43.3 Å². The van der Waals surface area contributed by atoms with E-state index >= 15 is 13.2 Å². The van der Waals surface area contributed by atoms with Crippen LogP contribution in [0.15, 0.2) is 134 Å². The van der Waals surface area contributed by atoms with Crippen molar-refractivity contribution in [2.24, 2.45) is 22.7 Å². The van der Waals surface area contributed by atoms with Gasteiger partial charge >= 0.3 is 17.9 Å². The molecule has 0 saturated carbocycles. The number of rotatable bonds is 25. The molecular weight excluding hydrogens is 1790 g/mol. The number of aliphatic hydroxyl groups excluding tert-OH is 1. The van der Waals surface area contributed by atoms with Crippen LogP contribution in [0, 0.1) is 22.7 Å². The van der Waals surface area contributed by atoms with Crippen LogP contribution in [0.25, 0.3) is 0 Å². The number of carbonyl (C=O) groups excluding carboxylic acids is 3. The third kappa shape index (κ3) is 93.4. The number of halogens is 12. The summed E-state index contributed by atoms with van der Waals surface area (Å²) in [6.45, 7) is 21.9. The van der Waals surface area contributed by atoms with E-state index in [1.807, 2.05) is 20.8 Å². The van der Waals surface area contributed by atoms with Gasteiger partial charge in [-0.1, -0.05) is 355 Å². The maximum atomic E-state index is 15.3. The predicted octanol–water partition coefficient (Wildman–Crippen LogP) is 33.1. The summed E-state index contributed by atoms with van der Waals surface area (Å²) < 4.78 is 288. The average molecular weight is 2000 g/mol. The van der Waals surface area contributed by atoms with Crippen LogP contribution in [0.1, 0.15) is 350 Å². The molecule has 0 aliphatic carbocycles. The molecule has 0 aromatic heterocycles. The van der Waals surface area contributed by atoms with Gasteiger partial charge in [-0.2, -0.15) is 33.7 Å². The molecule has 0 saturated heterocycles. The molecule has 6 unspecified atom stereocenters. The maximum Gasteiger partial charge on any atom is 0.313 e. The Bertz CT molecular complexity index is 3390. The lowest BCUT2D eigenvalue weighted by Gasteiger charge is -2.37. The molecule has 5 N–H and O–H groups in total. The Morgan fingerprint density at radius 2 is 0.496 bits per heavy atom. The van der Waals surface area contributed by atoms with Crippen molar-refractivity contribution in [3.05, 3.63) is 157 Å². The molecule has 0 aliphatic heterocycles. The minimum Gasteiger partial charge on any atom is -0.465 e. The van der Waals surface area contributed by atoms with Crippen molar-refractivity contribution in [1.29, 1.82) is 0 Å². The molecule has 129 heavy (non-hydrogen) atoms. The fraction of sp³-hybridized carbons (Fsp3) is 0.691. The molecule has 0 bridgehead atoms. The first-order valence-corrected chi connectivity index (χ1v) is 38.3. The molecule has 0 fully saturated rings. The predicted molar refractivity (Wildman–Crippen MR) is 546 cm³/mol. The van der Waals surface area contributed by atoms with Gasteiger partial charge in [-0.25, -0.2) is 52.7 Å². The second-order valence-electron chi connectivity index (χ2n) is 25.0. The quantitative estimate of drug-likeness (QED) is 0.0103. The van der Waals surface area contributed by atoms with E-state index in [0.29, 0.717) is 72.0 Å². The average Bonchev–Trinajstić information content (AvgIpc) is 0.778. The zero-order chi connectivity index (χ0) is 82.5. The van der Waals surface area contributed by atoms with Gasteiger partial charge in [-0.15, -0.1) is 13.2 Å². The molecule has 4 aromatic carbocycles. The van der Waals surface area contributed by atoms with Crippen molar-refractivity contribution in [1.82, 2.24) is 0 Å². The molecule has 4 rings (SSSR count). The van der Waals surface area contributed by atoms with E-state index in [1.165, 1.54) is 120 Å². The smallest absolute Gasteiger partial charge is 0.313 e. The minimum absolute atomic E-state index is 0. The first-order chi connectivity index (χ1) is 46.1. The maximum absolute atomic E-state index is 15.3. The van der Waals surface area contributed by atoms with Gasteiger partial charge in [0.15, 0.2) is 29.5 Å². The molecule has 0 aliphatic rings. The van der Waals surface area contributed by atoms with Crippen LogP contribution in [0.2, 0.25) is 0 Å². The molecule has 804 valence electrons. The summed E-state index contributed by atoms with van der Waals surface area (Å²) in [4.78, 5) is 35.4. The van der Waals surface area contributed by atoms with Crippen LogP contribution in [0.5, 0.6) is 0 Å². The van der Waals surface area contributed by atoms with E-state index in [2.05, 4.69) is 17.9 Å². The Balaban J connectivity index is -0.0000000298. The Hall–Kier alpha value is -6.21. The van der Waals surface area contributed by atoms with E-state index in [9.17, 15) is 87.6 Å². The summed E-state index contributed by atoms with van der Waals surface area (Å²) in [6, 6.07) is 29.2. The molecule has 0 heterocycles. The SMILES string of the molecule is C.C.C.C.C.C.C.C.C.C.C.C.C.C.C.C.C.C.C.C.C.C.C.C.C.C.C=C.CC(C)(CC(F)(c1ccccc1)C(C)(F)F)C(=O)OCO.CCC(C)CC(F)(c1ccccc1)C(C)(F)F.CCCOC(=O)C(C)(C)CC(F)(c1ccccc1)C(C)(F)F.CCCOC(=O)C(C)CC(F)(c1ccccc1)C(C)(F)F.CS(=O)(=O)O.CS(=O)(=O)O.CS(=O)(=O)O.CS(=O)(=O)O. The number of benzene rings is 4. The fourth-order valence-corrected chi connectivity index (χ4v) is 8.41. The van der Waals surface area contributed by atoms with Gasteiger partial charge in [0.2, 0.25) is 0 Å². The van der Waals surface area contributed by atoms with Crippen molar-refractivity contribution in [2.45, 2.75) is 374 Å². The van der Waals surface area contributed by atoms with Crippen LogP contribution in [-0.4, -0.2) is 144 Å². The minimum atomic E-state index is -3.69. The molecule has 4 aromatic rings. The molecule has 6 atom stereocenters. The van der Waals surface area contributed by atoms with Crippen molar-refractivity contribution < 1.29 is 138 Å². The second kappa shape index (κ2) is 93.6. The Morgan fingerprint density at radius 1 is 0.326 bits per heavy atom. The van der Waals surface area contributed by atoms with Crippen molar-refractivity contribution >= 4 is 58.4 Å². The van der Waals surface area contributed by atoms with Gasteiger partial charge in [0.25, 0.3) is 64.2 Å². The highest BCUT2D eigenvalue weighted by molar-refractivity contribution is 7.85. The molecule has 0 spiro atoms. The van der Waals surface area contributed by atoms with Crippen molar-refractivity contribution in [3.8, 4) is 0 Å². The molecular formula is C94H206F12O19S4. The summed E-state index contributed by atoms with van der Waals surface area (Å²) in [5, 5.41) is 8.59. The number of ether oxygens (including phenoxy) is 3. The highest BCUT2D eigenvalue weighted by Crippen LogP contribution is 2.51.